The Morgan fingerprint density at radius 3 is 2.12 bits per heavy atom. The van der Waals surface area contributed by atoms with E-state index in [1.54, 1.807) is 0 Å². The molecule has 0 spiro atoms. The van der Waals surface area contributed by atoms with Crippen molar-refractivity contribution in [2.24, 2.45) is 0 Å². The minimum atomic E-state index is -0.00135. The summed E-state index contributed by atoms with van der Waals surface area (Å²) in [5.41, 5.74) is 18.8. The topological polar surface area (TPSA) is 26.0 Å². The van der Waals surface area contributed by atoms with Gasteiger partial charge in [-0.1, -0.05) is 113 Å². The van der Waals surface area contributed by atoms with E-state index in [2.05, 4.69) is 219 Å². The van der Waals surface area contributed by atoms with Crippen molar-refractivity contribution in [3.63, 3.8) is 0 Å². The lowest BCUT2D eigenvalue weighted by molar-refractivity contribution is 0.591. The molecule has 284 valence electrons. The molecular formula is C52H49BrN4. The van der Waals surface area contributed by atoms with Crippen molar-refractivity contribution < 1.29 is 0 Å². The zero-order valence-corrected chi connectivity index (χ0v) is 35.7. The number of anilines is 3. The van der Waals surface area contributed by atoms with E-state index in [0.717, 1.165) is 56.1 Å². The van der Waals surface area contributed by atoms with Gasteiger partial charge in [-0.2, -0.15) is 0 Å². The number of rotatable bonds is 6. The van der Waals surface area contributed by atoms with Gasteiger partial charge in [0.15, 0.2) is 0 Å². The van der Waals surface area contributed by atoms with E-state index in [9.17, 15) is 0 Å². The standard InChI is InChI=1S/C52H49BrN4/c1-32-16-11-17-33(2)47(32)51-54-42-30-37(52(6,7)8)28-29-44(42)57(51)46-27-15-26-45(48(46)53)56(49-34(3)18-12-19-35(49)4)39-22-14-21-38(31-39)55-43-25-10-9-23-40(43)41-24-13-20-36(5)50(41)55/h9-19,21-31,36H,20H2,1-8H3. The summed E-state index contributed by atoms with van der Waals surface area (Å²) in [6.45, 7) is 18.0. The van der Waals surface area contributed by atoms with Crippen LogP contribution >= 0.6 is 15.9 Å². The summed E-state index contributed by atoms with van der Waals surface area (Å²) < 4.78 is 5.85. The van der Waals surface area contributed by atoms with Crippen LogP contribution in [0.5, 0.6) is 0 Å². The molecule has 0 N–H and O–H groups in total. The number of hydrogen-bond acceptors (Lipinski definition) is 2. The Morgan fingerprint density at radius 2 is 1.39 bits per heavy atom. The first kappa shape index (κ1) is 37.0. The highest BCUT2D eigenvalue weighted by molar-refractivity contribution is 9.10. The number of aryl methyl sites for hydroxylation is 4. The predicted molar refractivity (Wildman–Crippen MR) is 245 cm³/mol. The third-order valence-corrected chi connectivity index (χ3v) is 12.7. The second-order valence-electron chi connectivity index (χ2n) is 16.9. The lowest BCUT2D eigenvalue weighted by Crippen LogP contribution is -2.15. The highest BCUT2D eigenvalue weighted by Crippen LogP contribution is 2.47. The van der Waals surface area contributed by atoms with Gasteiger partial charge in [-0.15, -0.1) is 0 Å². The molecule has 1 unspecified atom stereocenters. The van der Waals surface area contributed by atoms with E-state index < -0.39 is 0 Å². The second-order valence-corrected chi connectivity index (χ2v) is 17.7. The first-order valence-electron chi connectivity index (χ1n) is 20.1. The minimum absolute atomic E-state index is 0.00135. The van der Waals surface area contributed by atoms with Crippen LogP contribution in [0.1, 0.15) is 79.1 Å². The zero-order chi connectivity index (χ0) is 39.7. The molecule has 57 heavy (non-hydrogen) atoms. The summed E-state index contributed by atoms with van der Waals surface area (Å²) in [6, 6.07) is 44.5. The van der Waals surface area contributed by atoms with Gasteiger partial charge in [0.2, 0.25) is 0 Å². The molecule has 9 rings (SSSR count). The Kier molecular flexibility index (Phi) is 9.12. The number of allylic oxidation sites excluding steroid dienone is 1. The van der Waals surface area contributed by atoms with E-state index in [1.807, 2.05) is 0 Å². The van der Waals surface area contributed by atoms with Crippen molar-refractivity contribution in [2.45, 2.75) is 73.1 Å². The van der Waals surface area contributed by atoms with Gasteiger partial charge in [0.25, 0.3) is 0 Å². The number of imidazole rings is 1. The van der Waals surface area contributed by atoms with Crippen LogP contribution < -0.4 is 4.90 Å². The third-order valence-electron chi connectivity index (χ3n) is 11.9. The quantitative estimate of drug-likeness (QED) is 0.167. The maximum absolute atomic E-state index is 5.44. The van der Waals surface area contributed by atoms with Crippen LogP contribution in [0.15, 0.2) is 132 Å². The van der Waals surface area contributed by atoms with Crippen molar-refractivity contribution in [2.75, 3.05) is 4.90 Å². The van der Waals surface area contributed by atoms with Crippen molar-refractivity contribution in [3.8, 4) is 22.8 Å². The highest BCUT2D eigenvalue weighted by Gasteiger charge is 2.27. The predicted octanol–water partition coefficient (Wildman–Crippen LogP) is 14.9. The summed E-state index contributed by atoms with van der Waals surface area (Å²) in [7, 11) is 0. The number of benzene rings is 6. The molecule has 5 heteroatoms. The fourth-order valence-electron chi connectivity index (χ4n) is 9.02. The molecule has 2 heterocycles. The average Bonchev–Trinajstić information content (AvgIpc) is 3.73. The van der Waals surface area contributed by atoms with Crippen LogP contribution in [0, 0.1) is 27.7 Å². The molecule has 0 bridgehead atoms. The monoisotopic (exact) mass is 808 g/mol. The summed E-state index contributed by atoms with van der Waals surface area (Å²) in [5.74, 6) is 1.34. The van der Waals surface area contributed by atoms with Crippen LogP contribution in [0.4, 0.5) is 17.1 Å². The SMILES string of the molecule is Cc1cccc(C)c1-c1nc2cc(C(C)(C)C)ccc2n1-c1cccc(N(c2cccc(-n3c4c(c5ccccc53)C=CCC4C)c2)c2c(C)cccc2C)c1Br. The van der Waals surface area contributed by atoms with E-state index in [1.165, 1.54) is 55.7 Å². The van der Waals surface area contributed by atoms with Crippen molar-refractivity contribution in [1.29, 1.82) is 0 Å². The molecule has 0 radical (unpaired) electrons. The number of fused-ring (bicyclic) bond motifs is 4. The van der Waals surface area contributed by atoms with Crippen molar-refractivity contribution >= 4 is 61.0 Å². The molecule has 0 saturated carbocycles. The van der Waals surface area contributed by atoms with Gasteiger partial charge >= 0.3 is 0 Å². The fraction of sp³-hybridized carbons (Fsp3) is 0.212. The Hall–Kier alpha value is -5.65. The van der Waals surface area contributed by atoms with E-state index in [-0.39, 0.29) is 5.41 Å². The van der Waals surface area contributed by atoms with Gasteiger partial charge in [-0.3, -0.25) is 4.57 Å². The number of halogens is 1. The summed E-state index contributed by atoms with van der Waals surface area (Å²) in [4.78, 5) is 7.89. The highest BCUT2D eigenvalue weighted by atomic mass is 79.9. The van der Waals surface area contributed by atoms with Crippen LogP contribution in [0.3, 0.4) is 0 Å². The lowest BCUT2D eigenvalue weighted by atomic mass is 9.87. The van der Waals surface area contributed by atoms with Gasteiger partial charge in [0.05, 0.1) is 38.1 Å². The molecular weight excluding hydrogens is 761 g/mol. The number of hydrogen-bond donors (Lipinski definition) is 0. The van der Waals surface area contributed by atoms with Crippen LogP contribution in [0.2, 0.25) is 0 Å². The third kappa shape index (κ3) is 6.15. The molecule has 6 aromatic carbocycles. The Balaban J connectivity index is 1.30. The molecule has 2 aromatic heterocycles. The average molecular weight is 810 g/mol. The van der Waals surface area contributed by atoms with Crippen molar-refractivity contribution in [3.05, 3.63) is 171 Å². The Morgan fingerprint density at radius 1 is 0.702 bits per heavy atom. The molecule has 1 atom stereocenters. The van der Waals surface area contributed by atoms with Crippen LogP contribution in [0.25, 0.3) is 50.8 Å². The largest absolute Gasteiger partial charge is 0.313 e. The van der Waals surface area contributed by atoms with E-state index in [0.29, 0.717) is 5.92 Å². The first-order valence-corrected chi connectivity index (χ1v) is 20.9. The molecule has 0 saturated heterocycles. The molecule has 4 nitrogen and oxygen atoms in total. The summed E-state index contributed by atoms with van der Waals surface area (Å²) in [5, 5.41) is 1.30. The maximum atomic E-state index is 5.44. The normalized spacial score (nSPS) is 14.1. The van der Waals surface area contributed by atoms with Gasteiger partial charge < -0.3 is 9.47 Å². The van der Waals surface area contributed by atoms with Gasteiger partial charge in [-0.25, -0.2) is 4.98 Å². The molecule has 0 aliphatic heterocycles. The molecule has 1 aliphatic rings. The Labute approximate surface area is 345 Å². The summed E-state index contributed by atoms with van der Waals surface area (Å²) >= 11 is 4.27. The Bertz CT molecular complexity index is 2860. The van der Waals surface area contributed by atoms with Gasteiger partial charge in [0.1, 0.15) is 5.82 Å². The van der Waals surface area contributed by atoms with Crippen LogP contribution in [-0.4, -0.2) is 14.1 Å². The smallest absolute Gasteiger partial charge is 0.146 e. The number of nitrogens with zero attached hydrogens (tertiary/aromatic N) is 4. The van der Waals surface area contributed by atoms with E-state index in [4.69, 9.17) is 4.98 Å². The minimum Gasteiger partial charge on any atom is -0.313 e. The van der Waals surface area contributed by atoms with Gasteiger partial charge in [-0.05, 0) is 132 Å². The second kappa shape index (κ2) is 14.1. The van der Waals surface area contributed by atoms with Gasteiger partial charge in [0, 0.05) is 39.5 Å². The lowest BCUT2D eigenvalue weighted by Gasteiger charge is -2.31. The first-order chi connectivity index (χ1) is 27.4. The van der Waals surface area contributed by atoms with Crippen LogP contribution in [-0.2, 0) is 5.41 Å². The number of aromatic nitrogens is 3. The van der Waals surface area contributed by atoms with E-state index >= 15 is 0 Å². The zero-order valence-electron chi connectivity index (χ0n) is 34.2. The molecule has 0 amide bonds. The maximum Gasteiger partial charge on any atom is 0.146 e. The number of para-hydroxylation sites is 2. The molecule has 8 aromatic rings. The molecule has 0 fully saturated rings. The summed E-state index contributed by atoms with van der Waals surface area (Å²) in [6.07, 6.45) is 5.67. The fourth-order valence-corrected chi connectivity index (χ4v) is 9.64. The van der Waals surface area contributed by atoms with Crippen molar-refractivity contribution in [1.82, 2.24) is 14.1 Å². The molecule has 1 aliphatic carbocycles.